The first kappa shape index (κ1) is 15.7. The SMILES string of the molecule is CC(N)C1CCCN(S(=O)(=O)c2cc(F)ccc2Cl)C1. The highest BCUT2D eigenvalue weighted by molar-refractivity contribution is 7.89. The van der Waals surface area contributed by atoms with E-state index < -0.39 is 15.8 Å². The minimum absolute atomic E-state index is 0.0364. The highest BCUT2D eigenvalue weighted by atomic mass is 35.5. The molecule has 0 aliphatic carbocycles. The first-order valence-electron chi connectivity index (χ1n) is 6.53. The highest BCUT2D eigenvalue weighted by Gasteiger charge is 2.32. The standard InChI is InChI=1S/C13H18ClFN2O2S/c1-9(16)10-3-2-6-17(8-10)20(18,19)13-7-11(15)4-5-12(13)14/h4-5,7,9-10H,2-3,6,8,16H2,1H3. The second kappa shape index (κ2) is 5.97. The number of hydrogen-bond donors (Lipinski definition) is 1. The molecule has 20 heavy (non-hydrogen) atoms. The summed E-state index contributed by atoms with van der Waals surface area (Å²) in [6.45, 7) is 2.64. The maximum atomic E-state index is 13.3. The zero-order valence-electron chi connectivity index (χ0n) is 11.2. The number of benzene rings is 1. The molecule has 2 N–H and O–H groups in total. The lowest BCUT2D eigenvalue weighted by Crippen LogP contribution is -2.45. The molecule has 2 unspecified atom stereocenters. The highest BCUT2D eigenvalue weighted by Crippen LogP contribution is 2.29. The molecule has 0 saturated carbocycles. The molecule has 0 bridgehead atoms. The van der Waals surface area contributed by atoms with Crippen molar-refractivity contribution in [2.24, 2.45) is 11.7 Å². The fourth-order valence-corrected chi connectivity index (χ4v) is 4.46. The maximum Gasteiger partial charge on any atom is 0.244 e. The van der Waals surface area contributed by atoms with E-state index in [0.717, 1.165) is 25.0 Å². The normalized spacial score (nSPS) is 22.7. The van der Waals surface area contributed by atoms with Crippen LogP contribution in [0, 0.1) is 11.7 Å². The van der Waals surface area contributed by atoms with Gasteiger partial charge in [0.05, 0.1) is 5.02 Å². The lowest BCUT2D eigenvalue weighted by atomic mass is 9.93. The first-order chi connectivity index (χ1) is 9.32. The summed E-state index contributed by atoms with van der Waals surface area (Å²) in [6, 6.07) is 3.29. The lowest BCUT2D eigenvalue weighted by molar-refractivity contribution is 0.243. The maximum absolute atomic E-state index is 13.3. The third-order valence-corrected chi connectivity index (χ3v) is 6.02. The summed E-state index contributed by atoms with van der Waals surface area (Å²) in [5.41, 5.74) is 5.86. The fourth-order valence-electron chi connectivity index (χ4n) is 2.44. The Morgan fingerprint density at radius 3 is 2.85 bits per heavy atom. The van der Waals surface area contributed by atoms with Crippen molar-refractivity contribution in [2.45, 2.75) is 30.7 Å². The molecule has 0 radical (unpaired) electrons. The van der Waals surface area contributed by atoms with E-state index in [4.69, 9.17) is 17.3 Å². The van der Waals surface area contributed by atoms with Crippen molar-refractivity contribution in [3.05, 3.63) is 29.0 Å². The van der Waals surface area contributed by atoms with Gasteiger partial charge in [0.1, 0.15) is 10.7 Å². The van der Waals surface area contributed by atoms with Gasteiger partial charge in [-0.3, -0.25) is 0 Å². The Morgan fingerprint density at radius 1 is 1.50 bits per heavy atom. The third kappa shape index (κ3) is 3.14. The van der Waals surface area contributed by atoms with Gasteiger partial charge in [-0.1, -0.05) is 11.6 Å². The Bertz CT molecular complexity index is 592. The number of rotatable bonds is 3. The van der Waals surface area contributed by atoms with Gasteiger partial charge in [-0.15, -0.1) is 0 Å². The molecule has 112 valence electrons. The van der Waals surface area contributed by atoms with Crippen LogP contribution in [0.4, 0.5) is 4.39 Å². The van der Waals surface area contributed by atoms with E-state index in [1.165, 1.54) is 10.4 Å². The topological polar surface area (TPSA) is 63.4 Å². The smallest absolute Gasteiger partial charge is 0.244 e. The number of piperidine rings is 1. The van der Waals surface area contributed by atoms with Gasteiger partial charge in [0, 0.05) is 19.1 Å². The molecule has 0 amide bonds. The van der Waals surface area contributed by atoms with E-state index in [1.807, 2.05) is 6.92 Å². The quantitative estimate of drug-likeness (QED) is 0.929. The molecular weight excluding hydrogens is 303 g/mol. The monoisotopic (exact) mass is 320 g/mol. The first-order valence-corrected chi connectivity index (χ1v) is 8.35. The van der Waals surface area contributed by atoms with Crippen LogP contribution in [0.3, 0.4) is 0 Å². The molecule has 1 fully saturated rings. The van der Waals surface area contributed by atoms with Crippen molar-refractivity contribution >= 4 is 21.6 Å². The summed E-state index contributed by atoms with van der Waals surface area (Å²) in [5, 5.41) is 0.0364. The lowest BCUT2D eigenvalue weighted by Gasteiger charge is -2.33. The Labute approximate surface area is 123 Å². The number of hydrogen-bond acceptors (Lipinski definition) is 3. The van der Waals surface area contributed by atoms with Crippen LogP contribution in [-0.4, -0.2) is 31.9 Å². The van der Waals surface area contributed by atoms with Gasteiger partial charge in [0.25, 0.3) is 0 Å². The number of sulfonamides is 1. The zero-order valence-corrected chi connectivity index (χ0v) is 12.8. The molecule has 4 nitrogen and oxygen atoms in total. The molecule has 7 heteroatoms. The molecule has 0 spiro atoms. The second-order valence-corrected chi connectivity index (χ2v) is 7.51. The Hall–Kier alpha value is -0.690. The Kier molecular flexibility index (Phi) is 4.69. The van der Waals surface area contributed by atoms with Crippen LogP contribution in [0.25, 0.3) is 0 Å². The van der Waals surface area contributed by atoms with E-state index in [9.17, 15) is 12.8 Å². The van der Waals surface area contributed by atoms with E-state index >= 15 is 0 Å². The van der Waals surface area contributed by atoms with Gasteiger partial charge in [-0.25, -0.2) is 12.8 Å². The molecule has 1 aliphatic heterocycles. The van der Waals surface area contributed by atoms with Crippen molar-refractivity contribution in [3.63, 3.8) is 0 Å². The average molecular weight is 321 g/mol. The third-order valence-electron chi connectivity index (χ3n) is 3.68. The summed E-state index contributed by atoms with van der Waals surface area (Å²) in [5.74, 6) is -0.500. The van der Waals surface area contributed by atoms with Crippen molar-refractivity contribution < 1.29 is 12.8 Å². The van der Waals surface area contributed by atoms with Crippen LogP contribution in [0.5, 0.6) is 0 Å². The van der Waals surface area contributed by atoms with Crippen LogP contribution in [-0.2, 0) is 10.0 Å². The molecular formula is C13H18ClFN2O2S. The van der Waals surface area contributed by atoms with Gasteiger partial charge in [-0.05, 0) is 43.9 Å². The van der Waals surface area contributed by atoms with E-state index in [1.54, 1.807) is 0 Å². The summed E-state index contributed by atoms with van der Waals surface area (Å²) in [6.07, 6.45) is 1.65. The molecule has 2 atom stereocenters. The minimum atomic E-state index is -3.78. The van der Waals surface area contributed by atoms with Crippen LogP contribution in [0.15, 0.2) is 23.1 Å². The van der Waals surface area contributed by atoms with Crippen LogP contribution >= 0.6 is 11.6 Å². The van der Waals surface area contributed by atoms with Crippen molar-refractivity contribution in [2.75, 3.05) is 13.1 Å². The van der Waals surface area contributed by atoms with Gasteiger partial charge in [-0.2, -0.15) is 4.31 Å². The second-order valence-electron chi connectivity index (χ2n) is 5.20. The molecule has 0 aromatic heterocycles. The van der Waals surface area contributed by atoms with Crippen LogP contribution in [0.2, 0.25) is 5.02 Å². The largest absolute Gasteiger partial charge is 0.328 e. The summed E-state index contributed by atoms with van der Waals surface area (Å²) < 4.78 is 39.8. The van der Waals surface area contributed by atoms with Crippen molar-refractivity contribution in [1.82, 2.24) is 4.31 Å². The van der Waals surface area contributed by atoms with E-state index in [-0.39, 0.29) is 21.9 Å². The molecule has 1 saturated heterocycles. The molecule has 1 heterocycles. The average Bonchev–Trinajstić information content (AvgIpc) is 2.41. The van der Waals surface area contributed by atoms with Crippen molar-refractivity contribution in [1.29, 1.82) is 0 Å². The molecule has 2 rings (SSSR count). The van der Waals surface area contributed by atoms with Crippen molar-refractivity contribution in [3.8, 4) is 0 Å². The van der Waals surface area contributed by atoms with Crippen LogP contribution in [0.1, 0.15) is 19.8 Å². The van der Waals surface area contributed by atoms with Gasteiger partial charge in [0.2, 0.25) is 10.0 Å². The molecule has 1 aromatic rings. The van der Waals surface area contributed by atoms with Gasteiger partial charge >= 0.3 is 0 Å². The number of nitrogens with two attached hydrogens (primary N) is 1. The fraction of sp³-hybridized carbons (Fsp3) is 0.538. The number of halogens is 2. The Balaban J connectivity index is 2.32. The number of nitrogens with zero attached hydrogens (tertiary/aromatic N) is 1. The summed E-state index contributed by atoms with van der Waals surface area (Å²) in [7, 11) is -3.78. The van der Waals surface area contributed by atoms with E-state index in [2.05, 4.69) is 0 Å². The summed E-state index contributed by atoms with van der Waals surface area (Å²) in [4.78, 5) is -0.176. The van der Waals surface area contributed by atoms with Gasteiger partial charge in [0.15, 0.2) is 0 Å². The molecule has 1 aliphatic rings. The predicted octanol–water partition coefficient (Wildman–Crippen LogP) is 2.23. The zero-order chi connectivity index (χ0) is 14.9. The van der Waals surface area contributed by atoms with E-state index in [0.29, 0.717) is 13.1 Å². The minimum Gasteiger partial charge on any atom is -0.328 e. The Morgan fingerprint density at radius 2 is 2.20 bits per heavy atom. The summed E-state index contributed by atoms with van der Waals surface area (Å²) >= 11 is 5.90. The van der Waals surface area contributed by atoms with Gasteiger partial charge < -0.3 is 5.73 Å². The molecule has 1 aromatic carbocycles. The van der Waals surface area contributed by atoms with Crippen LogP contribution < -0.4 is 5.73 Å². The predicted molar refractivity (Wildman–Crippen MR) is 76.5 cm³/mol.